The minimum Gasteiger partial charge on any atom is -0.399 e. The maximum absolute atomic E-state index is 5.94. The first kappa shape index (κ1) is 10.8. The van der Waals surface area contributed by atoms with E-state index in [0.29, 0.717) is 0 Å². The summed E-state index contributed by atoms with van der Waals surface area (Å²) in [6, 6.07) is 5.71. The van der Waals surface area contributed by atoms with Crippen molar-refractivity contribution < 1.29 is 0 Å². The van der Waals surface area contributed by atoms with Gasteiger partial charge in [-0.15, -0.1) is 0 Å². The van der Waals surface area contributed by atoms with Crippen LogP contribution in [0, 0.1) is 0 Å². The summed E-state index contributed by atoms with van der Waals surface area (Å²) < 4.78 is 0. The predicted octanol–water partition coefficient (Wildman–Crippen LogP) is 2.56. The molecule has 15 heavy (non-hydrogen) atoms. The van der Waals surface area contributed by atoms with Crippen molar-refractivity contribution >= 4 is 17.3 Å². The van der Waals surface area contributed by atoms with E-state index in [0.717, 1.165) is 23.7 Å². The van der Waals surface area contributed by atoms with Gasteiger partial charge in [-0.1, -0.05) is 11.6 Å². The van der Waals surface area contributed by atoms with Crippen LogP contribution >= 0.6 is 11.6 Å². The zero-order valence-electron chi connectivity index (χ0n) is 8.88. The molecule has 0 amide bonds. The molecule has 3 heteroatoms. The zero-order chi connectivity index (χ0) is 10.7. The number of nitrogens with zero attached hydrogens (tertiary/aromatic N) is 1. The van der Waals surface area contributed by atoms with Gasteiger partial charge in [0.15, 0.2) is 0 Å². The van der Waals surface area contributed by atoms with Crippen LogP contribution in [0.2, 0.25) is 5.02 Å². The molecular formula is C12H17ClN2. The van der Waals surface area contributed by atoms with Crippen LogP contribution in [0.25, 0.3) is 0 Å². The molecule has 2 rings (SSSR count). The number of anilines is 1. The van der Waals surface area contributed by atoms with Gasteiger partial charge in [-0.25, -0.2) is 0 Å². The zero-order valence-corrected chi connectivity index (χ0v) is 9.63. The van der Waals surface area contributed by atoms with Crippen molar-refractivity contribution in [1.29, 1.82) is 0 Å². The Bertz CT molecular complexity index is 332. The Morgan fingerprint density at radius 3 is 2.73 bits per heavy atom. The van der Waals surface area contributed by atoms with Crippen LogP contribution < -0.4 is 5.73 Å². The van der Waals surface area contributed by atoms with Gasteiger partial charge in [0.05, 0.1) is 0 Å². The van der Waals surface area contributed by atoms with E-state index >= 15 is 0 Å². The first-order chi connectivity index (χ1) is 7.25. The van der Waals surface area contributed by atoms with E-state index in [4.69, 9.17) is 17.3 Å². The van der Waals surface area contributed by atoms with Crippen molar-refractivity contribution in [1.82, 2.24) is 4.90 Å². The Labute approximate surface area is 96.0 Å². The van der Waals surface area contributed by atoms with E-state index in [2.05, 4.69) is 4.90 Å². The highest BCUT2D eigenvalue weighted by molar-refractivity contribution is 6.30. The third-order valence-corrected chi connectivity index (χ3v) is 3.24. The highest BCUT2D eigenvalue weighted by Gasteiger charge is 2.11. The van der Waals surface area contributed by atoms with Crippen LogP contribution in [-0.2, 0) is 6.42 Å². The smallest absolute Gasteiger partial charge is 0.0410 e. The maximum Gasteiger partial charge on any atom is 0.0410 e. The quantitative estimate of drug-likeness (QED) is 0.800. The Hall–Kier alpha value is -0.730. The van der Waals surface area contributed by atoms with E-state index in [1.807, 2.05) is 18.2 Å². The van der Waals surface area contributed by atoms with Gasteiger partial charge in [-0.05, 0) is 56.1 Å². The summed E-state index contributed by atoms with van der Waals surface area (Å²) in [4.78, 5) is 2.49. The summed E-state index contributed by atoms with van der Waals surface area (Å²) in [7, 11) is 0. The fourth-order valence-electron chi connectivity index (χ4n) is 2.08. The van der Waals surface area contributed by atoms with E-state index in [-0.39, 0.29) is 0 Å². The van der Waals surface area contributed by atoms with Crippen molar-refractivity contribution in [2.24, 2.45) is 0 Å². The predicted molar refractivity (Wildman–Crippen MR) is 65.2 cm³/mol. The van der Waals surface area contributed by atoms with Crippen molar-refractivity contribution in [3.05, 3.63) is 28.8 Å². The average Bonchev–Trinajstić information content (AvgIpc) is 2.72. The van der Waals surface area contributed by atoms with Crippen LogP contribution in [0.4, 0.5) is 5.69 Å². The lowest BCUT2D eigenvalue weighted by Crippen LogP contribution is -2.22. The molecule has 2 nitrogen and oxygen atoms in total. The minimum absolute atomic E-state index is 0.778. The third-order valence-electron chi connectivity index (χ3n) is 3.00. The van der Waals surface area contributed by atoms with Gasteiger partial charge in [0.25, 0.3) is 0 Å². The largest absolute Gasteiger partial charge is 0.399 e. The number of hydrogen-bond acceptors (Lipinski definition) is 2. The number of hydrogen-bond donors (Lipinski definition) is 1. The molecule has 1 aliphatic rings. The second-order valence-corrected chi connectivity index (χ2v) is 4.58. The summed E-state index contributed by atoms with van der Waals surface area (Å²) in [6.45, 7) is 3.57. The van der Waals surface area contributed by atoms with Crippen LogP contribution in [-0.4, -0.2) is 24.5 Å². The highest BCUT2D eigenvalue weighted by atomic mass is 35.5. The normalized spacial score (nSPS) is 17.1. The van der Waals surface area contributed by atoms with Crippen LogP contribution in [0.15, 0.2) is 18.2 Å². The molecule has 1 fully saturated rings. The van der Waals surface area contributed by atoms with Crippen LogP contribution in [0.1, 0.15) is 18.4 Å². The molecule has 0 bridgehead atoms. The SMILES string of the molecule is Nc1ccc(Cl)cc1CCN1CCCC1. The summed E-state index contributed by atoms with van der Waals surface area (Å²) in [5.74, 6) is 0. The monoisotopic (exact) mass is 224 g/mol. The molecule has 0 spiro atoms. The lowest BCUT2D eigenvalue weighted by atomic mass is 10.1. The molecule has 1 heterocycles. The van der Waals surface area contributed by atoms with Gasteiger partial charge < -0.3 is 10.6 Å². The molecule has 82 valence electrons. The number of halogens is 1. The van der Waals surface area contributed by atoms with Crippen molar-refractivity contribution in [2.75, 3.05) is 25.4 Å². The summed E-state index contributed by atoms with van der Waals surface area (Å²) in [6.07, 6.45) is 3.68. The van der Waals surface area contributed by atoms with Gasteiger partial charge in [-0.2, -0.15) is 0 Å². The first-order valence-electron chi connectivity index (χ1n) is 5.52. The average molecular weight is 225 g/mol. The number of likely N-dealkylation sites (tertiary alicyclic amines) is 1. The number of rotatable bonds is 3. The second kappa shape index (κ2) is 4.86. The lowest BCUT2D eigenvalue weighted by molar-refractivity contribution is 0.343. The van der Waals surface area contributed by atoms with E-state index in [1.54, 1.807) is 0 Å². The van der Waals surface area contributed by atoms with Gasteiger partial charge in [-0.3, -0.25) is 0 Å². The standard InChI is InChI=1S/C12H17ClN2/c13-11-3-4-12(14)10(9-11)5-8-15-6-1-2-7-15/h3-4,9H,1-2,5-8,14H2. The Kier molecular flexibility index (Phi) is 3.49. The first-order valence-corrected chi connectivity index (χ1v) is 5.90. The number of nitrogens with two attached hydrogens (primary N) is 1. The maximum atomic E-state index is 5.94. The molecule has 0 aliphatic carbocycles. The van der Waals surface area contributed by atoms with Crippen molar-refractivity contribution in [2.45, 2.75) is 19.3 Å². The molecule has 1 aliphatic heterocycles. The Balaban J connectivity index is 1.94. The van der Waals surface area contributed by atoms with Gasteiger partial charge in [0.2, 0.25) is 0 Å². The molecular weight excluding hydrogens is 208 g/mol. The van der Waals surface area contributed by atoms with Gasteiger partial charge in [0, 0.05) is 17.3 Å². The van der Waals surface area contributed by atoms with Crippen molar-refractivity contribution in [3.63, 3.8) is 0 Å². The summed E-state index contributed by atoms with van der Waals surface area (Å²) in [5.41, 5.74) is 7.93. The molecule has 0 atom stereocenters. The molecule has 0 unspecified atom stereocenters. The topological polar surface area (TPSA) is 29.3 Å². The Morgan fingerprint density at radius 2 is 2.00 bits per heavy atom. The van der Waals surface area contributed by atoms with E-state index < -0.39 is 0 Å². The van der Waals surface area contributed by atoms with E-state index in [9.17, 15) is 0 Å². The molecule has 0 saturated carbocycles. The van der Waals surface area contributed by atoms with Gasteiger partial charge in [0.1, 0.15) is 0 Å². The molecule has 0 radical (unpaired) electrons. The second-order valence-electron chi connectivity index (χ2n) is 4.14. The van der Waals surface area contributed by atoms with Crippen LogP contribution in [0.3, 0.4) is 0 Å². The number of nitrogen functional groups attached to an aromatic ring is 1. The van der Waals surface area contributed by atoms with Crippen molar-refractivity contribution in [3.8, 4) is 0 Å². The Morgan fingerprint density at radius 1 is 1.27 bits per heavy atom. The molecule has 1 saturated heterocycles. The summed E-state index contributed by atoms with van der Waals surface area (Å²) in [5, 5.41) is 0.778. The molecule has 2 N–H and O–H groups in total. The number of benzene rings is 1. The van der Waals surface area contributed by atoms with Gasteiger partial charge >= 0.3 is 0 Å². The fraction of sp³-hybridized carbons (Fsp3) is 0.500. The molecule has 1 aromatic rings. The third kappa shape index (κ3) is 2.86. The molecule has 0 aromatic heterocycles. The summed E-state index contributed by atoms with van der Waals surface area (Å²) >= 11 is 5.94. The molecule has 1 aromatic carbocycles. The van der Waals surface area contributed by atoms with Crippen LogP contribution in [0.5, 0.6) is 0 Å². The highest BCUT2D eigenvalue weighted by Crippen LogP contribution is 2.19. The fourth-order valence-corrected chi connectivity index (χ4v) is 2.27. The lowest BCUT2D eigenvalue weighted by Gasteiger charge is -2.15. The van der Waals surface area contributed by atoms with E-state index in [1.165, 1.54) is 31.5 Å². The minimum atomic E-state index is 0.778.